The predicted molar refractivity (Wildman–Crippen MR) is 147 cm³/mol. The van der Waals surface area contributed by atoms with E-state index in [1.54, 1.807) is 0 Å². The molecule has 41 heavy (non-hydrogen) atoms. The molecule has 1 aromatic heterocycles. The fourth-order valence-electron chi connectivity index (χ4n) is 4.31. The number of aromatic hydroxyl groups is 10. The summed E-state index contributed by atoms with van der Waals surface area (Å²) in [5.41, 5.74) is -6.14. The van der Waals surface area contributed by atoms with Crippen LogP contribution in [-0.4, -0.2) is 84.8 Å². The minimum atomic E-state index is -1.29. The molecule has 204 valence electrons. The first-order chi connectivity index (χ1) is 19.0. The third-order valence-corrected chi connectivity index (χ3v) is 6.47. The Hall–Kier alpha value is -5.53. The van der Waals surface area contributed by atoms with Crippen molar-refractivity contribution in [3.63, 3.8) is 0 Å². The van der Waals surface area contributed by atoms with Gasteiger partial charge in [0.2, 0.25) is 23.0 Å². The van der Waals surface area contributed by atoms with Crippen LogP contribution in [0.15, 0.2) is 16.8 Å². The van der Waals surface area contributed by atoms with Crippen LogP contribution in [0.25, 0.3) is 33.4 Å². The first-order valence-electron chi connectivity index (χ1n) is 11.1. The lowest BCUT2D eigenvalue weighted by Crippen LogP contribution is -2.32. The van der Waals surface area contributed by atoms with Crippen molar-refractivity contribution in [2.24, 2.45) is 0 Å². The van der Waals surface area contributed by atoms with Gasteiger partial charge in [-0.25, -0.2) is 0 Å². The highest BCUT2D eigenvalue weighted by Gasteiger charge is 2.33. The van der Waals surface area contributed by atoms with Crippen LogP contribution in [0.2, 0.25) is 0 Å². The molecule has 0 atom stereocenters. The molecular formula is C25H17B3O13. The monoisotopic (exact) mass is 558 g/mol. The third kappa shape index (κ3) is 3.75. The molecule has 0 spiro atoms. The van der Waals surface area contributed by atoms with Crippen molar-refractivity contribution < 1.29 is 65.7 Å². The van der Waals surface area contributed by atoms with Gasteiger partial charge in [0, 0.05) is 22.3 Å². The highest BCUT2D eigenvalue weighted by molar-refractivity contribution is 6.54. The molecule has 1 heterocycles. The summed E-state index contributed by atoms with van der Waals surface area (Å²) in [4.78, 5) is 0. The summed E-state index contributed by atoms with van der Waals surface area (Å²) in [6.07, 6.45) is 0. The normalized spacial score (nSPS) is 12.0. The number of rotatable bonds is 4. The van der Waals surface area contributed by atoms with Crippen LogP contribution >= 0.6 is 0 Å². The summed E-state index contributed by atoms with van der Waals surface area (Å²) in [7, 11) is 18.0. The summed E-state index contributed by atoms with van der Waals surface area (Å²) in [5, 5.41) is 124. The van der Waals surface area contributed by atoms with Crippen LogP contribution in [0.1, 0.15) is 16.9 Å². The molecule has 6 radical (unpaired) electrons. The van der Waals surface area contributed by atoms with Crippen LogP contribution in [0.3, 0.4) is 0 Å². The molecule has 0 amide bonds. The van der Waals surface area contributed by atoms with Gasteiger partial charge < -0.3 is 65.7 Å². The Morgan fingerprint density at radius 2 is 1.10 bits per heavy atom. The molecule has 0 aliphatic carbocycles. The first-order valence-corrected chi connectivity index (χ1v) is 11.1. The Morgan fingerprint density at radius 3 is 1.66 bits per heavy atom. The maximum atomic E-state index is 11.0. The Labute approximate surface area is 232 Å². The number of fused-ring (bicyclic) bond motifs is 1. The lowest BCUT2D eigenvalue weighted by Gasteiger charge is -2.23. The SMILES string of the molecule is [B]c1c([B])c(-c2c([B])c(O)c(C)c(O)c2O)c(O)c(O)c1/C(C(=C)O)=C(\O)c1oc2c(O)c(O)c(O)c(O)c2c1O. The van der Waals surface area contributed by atoms with E-state index < -0.39 is 124 Å². The van der Waals surface area contributed by atoms with Gasteiger partial charge in [0.1, 0.15) is 40.4 Å². The molecule has 13 nitrogen and oxygen atoms in total. The molecule has 0 aliphatic rings. The highest BCUT2D eigenvalue weighted by Crippen LogP contribution is 2.55. The van der Waals surface area contributed by atoms with E-state index in [2.05, 4.69) is 6.58 Å². The Bertz CT molecular complexity index is 1810. The second kappa shape index (κ2) is 9.29. The molecule has 0 unspecified atom stereocenters. The molecule has 0 fully saturated rings. The van der Waals surface area contributed by atoms with E-state index in [4.69, 9.17) is 28.0 Å². The van der Waals surface area contributed by atoms with Gasteiger partial charge in [-0.05, 0) is 12.4 Å². The number of hydrogen-bond donors (Lipinski definition) is 12. The number of aliphatic hydroxyl groups excluding tert-OH is 2. The zero-order chi connectivity index (χ0) is 31.0. The Morgan fingerprint density at radius 1 is 0.585 bits per heavy atom. The van der Waals surface area contributed by atoms with Crippen molar-refractivity contribution in [1.29, 1.82) is 0 Å². The van der Waals surface area contributed by atoms with Gasteiger partial charge in [-0.15, -0.1) is 0 Å². The zero-order valence-corrected chi connectivity index (χ0v) is 20.7. The molecule has 3 aromatic carbocycles. The Balaban J connectivity index is 2.11. The van der Waals surface area contributed by atoms with Crippen molar-refractivity contribution in [2.75, 3.05) is 0 Å². The lowest BCUT2D eigenvalue weighted by atomic mass is 9.69. The summed E-state index contributed by atoms with van der Waals surface area (Å²) in [5.74, 6) is -14.3. The standard InChI is InChI=1S/C25H17B3O13/c1-3-13(30)12(28)8(15(32)14(3)31)7-11(27)10(26)6(16(33)17(7)34)5(4(2)29)19(36)25-20(37)9-18(35)21(38)22(39)23(40)24(9)41-25/h29-40H,2H2,1H3/b19-5-. The number of aliphatic hydroxyl groups is 2. The third-order valence-electron chi connectivity index (χ3n) is 6.47. The molecule has 0 bridgehead atoms. The smallest absolute Gasteiger partial charge is 0.212 e. The molecule has 0 aliphatic heterocycles. The maximum absolute atomic E-state index is 11.0. The van der Waals surface area contributed by atoms with Gasteiger partial charge in [0.15, 0.2) is 45.8 Å². The average Bonchev–Trinajstić information content (AvgIpc) is 3.28. The molecule has 4 aromatic rings. The summed E-state index contributed by atoms with van der Waals surface area (Å²) in [6.45, 7) is 4.44. The van der Waals surface area contributed by atoms with E-state index in [1.807, 2.05) is 0 Å². The van der Waals surface area contributed by atoms with E-state index >= 15 is 0 Å². The van der Waals surface area contributed by atoms with Gasteiger partial charge >= 0.3 is 0 Å². The van der Waals surface area contributed by atoms with Crippen LogP contribution in [0.5, 0.6) is 57.5 Å². The first kappa shape index (κ1) is 28.5. The quantitative estimate of drug-likeness (QED) is 0.0532. The summed E-state index contributed by atoms with van der Waals surface area (Å²) in [6, 6.07) is 0. The van der Waals surface area contributed by atoms with Crippen molar-refractivity contribution in [3.05, 3.63) is 29.2 Å². The second-order valence-corrected chi connectivity index (χ2v) is 8.78. The predicted octanol–water partition coefficient (Wildman–Crippen LogP) is 0.344. The number of benzene rings is 3. The van der Waals surface area contributed by atoms with Crippen molar-refractivity contribution in [1.82, 2.24) is 0 Å². The van der Waals surface area contributed by atoms with Crippen LogP contribution in [-0.2, 0) is 0 Å². The fraction of sp³-hybridized carbons (Fsp3) is 0.0400. The summed E-state index contributed by atoms with van der Waals surface area (Å²) >= 11 is 0. The van der Waals surface area contributed by atoms with Crippen molar-refractivity contribution >= 4 is 62.2 Å². The number of allylic oxidation sites excluding steroid dienone is 1. The van der Waals surface area contributed by atoms with Crippen molar-refractivity contribution in [3.8, 4) is 68.6 Å². The number of phenolic OH excluding ortho intramolecular Hbond substituents is 9. The minimum absolute atomic E-state index is 0.230. The lowest BCUT2D eigenvalue weighted by molar-refractivity contribution is 0.347. The Kier molecular flexibility index (Phi) is 6.46. The topological polar surface area (TPSA) is 256 Å². The average molecular weight is 558 g/mol. The second-order valence-electron chi connectivity index (χ2n) is 8.78. The largest absolute Gasteiger partial charge is 0.508 e. The fourth-order valence-corrected chi connectivity index (χ4v) is 4.31. The molecule has 0 saturated heterocycles. The van der Waals surface area contributed by atoms with E-state index in [0.717, 1.165) is 0 Å². The molecule has 0 saturated carbocycles. The number of phenols is 9. The van der Waals surface area contributed by atoms with E-state index in [1.165, 1.54) is 6.92 Å². The van der Waals surface area contributed by atoms with Crippen molar-refractivity contribution in [2.45, 2.75) is 6.92 Å². The van der Waals surface area contributed by atoms with Gasteiger partial charge in [0.25, 0.3) is 0 Å². The number of hydrogen-bond acceptors (Lipinski definition) is 13. The number of furan rings is 1. The van der Waals surface area contributed by atoms with Crippen LogP contribution in [0.4, 0.5) is 0 Å². The van der Waals surface area contributed by atoms with Crippen LogP contribution in [0, 0.1) is 6.92 Å². The van der Waals surface area contributed by atoms with Gasteiger partial charge in [-0.3, -0.25) is 0 Å². The van der Waals surface area contributed by atoms with Gasteiger partial charge in [0.05, 0.1) is 5.57 Å². The van der Waals surface area contributed by atoms with E-state index in [9.17, 15) is 61.3 Å². The minimum Gasteiger partial charge on any atom is -0.508 e. The van der Waals surface area contributed by atoms with Gasteiger partial charge in [-0.2, -0.15) is 0 Å². The molecule has 12 N–H and O–H groups in total. The molecule has 16 heteroatoms. The summed E-state index contributed by atoms with van der Waals surface area (Å²) < 4.78 is 5.15. The zero-order valence-electron chi connectivity index (χ0n) is 20.7. The van der Waals surface area contributed by atoms with Gasteiger partial charge in [-0.1, -0.05) is 17.5 Å². The molecular weight excluding hydrogens is 541 g/mol. The van der Waals surface area contributed by atoms with E-state index in [0.29, 0.717) is 0 Å². The van der Waals surface area contributed by atoms with E-state index in [-0.39, 0.29) is 5.56 Å². The highest BCUT2D eigenvalue weighted by atomic mass is 16.4. The maximum Gasteiger partial charge on any atom is 0.212 e. The molecule has 4 rings (SSSR count). The van der Waals surface area contributed by atoms with Crippen LogP contribution < -0.4 is 16.4 Å².